The predicted molar refractivity (Wildman–Crippen MR) is 92.1 cm³/mol. The molecule has 1 aliphatic heterocycles. The summed E-state index contributed by atoms with van der Waals surface area (Å²) in [6.45, 7) is 3.13. The molecule has 7 heteroatoms. The van der Waals surface area contributed by atoms with Gasteiger partial charge in [0.05, 0.1) is 0 Å². The summed E-state index contributed by atoms with van der Waals surface area (Å²) >= 11 is 0. The van der Waals surface area contributed by atoms with Crippen LogP contribution in [0.25, 0.3) is 12.2 Å². The molecule has 25 heavy (non-hydrogen) atoms. The van der Waals surface area contributed by atoms with E-state index >= 15 is 0 Å². The summed E-state index contributed by atoms with van der Waals surface area (Å²) in [7, 11) is 2.02. The summed E-state index contributed by atoms with van der Waals surface area (Å²) in [4.78, 5) is 4.14. The molecule has 0 atom stereocenters. The van der Waals surface area contributed by atoms with Crippen LogP contribution in [0.15, 0.2) is 36.4 Å². The van der Waals surface area contributed by atoms with E-state index in [4.69, 9.17) is 0 Å². The normalized spacial score (nSPS) is 16.6. The number of alkyl halides is 3. The molecule has 1 saturated heterocycles. The van der Waals surface area contributed by atoms with Crippen LogP contribution in [0.4, 0.5) is 19.0 Å². The van der Waals surface area contributed by atoms with Gasteiger partial charge in [0, 0.05) is 31.7 Å². The Morgan fingerprint density at radius 3 is 2.28 bits per heavy atom. The molecule has 1 aliphatic rings. The van der Waals surface area contributed by atoms with E-state index in [2.05, 4.69) is 15.1 Å². The van der Waals surface area contributed by atoms with Gasteiger partial charge in [-0.15, -0.1) is 10.2 Å². The number of anilines is 1. The quantitative estimate of drug-likeness (QED) is 0.851. The number of likely N-dealkylation sites (N-methyl/N-ethyl adjacent to an activating group) is 1. The fourth-order valence-electron chi connectivity index (χ4n) is 2.68. The summed E-state index contributed by atoms with van der Waals surface area (Å²) in [6.07, 6.45) is -1.43. The first-order valence-corrected chi connectivity index (χ1v) is 8.05. The zero-order valence-corrected chi connectivity index (χ0v) is 13.9. The molecule has 0 amide bonds. The van der Waals surface area contributed by atoms with Gasteiger partial charge in [-0.25, -0.2) is 0 Å². The van der Waals surface area contributed by atoms with Crippen LogP contribution in [0.3, 0.4) is 0 Å². The fourth-order valence-corrected chi connectivity index (χ4v) is 2.68. The predicted octanol–water partition coefficient (Wildman–Crippen LogP) is 3.42. The van der Waals surface area contributed by atoms with Crippen molar-refractivity contribution in [3.8, 4) is 0 Å². The van der Waals surface area contributed by atoms with Crippen LogP contribution in [-0.4, -0.2) is 48.3 Å². The van der Waals surface area contributed by atoms with E-state index in [1.165, 1.54) is 12.1 Å². The molecule has 0 aliphatic carbocycles. The van der Waals surface area contributed by atoms with Crippen LogP contribution in [0.1, 0.15) is 16.8 Å². The molecule has 4 nitrogen and oxygen atoms in total. The minimum Gasteiger partial charge on any atom is -0.353 e. The van der Waals surface area contributed by atoms with Crippen molar-refractivity contribution in [3.05, 3.63) is 53.2 Å². The lowest BCUT2D eigenvalue weighted by Gasteiger charge is -2.33. The molecular formula is C18H19F3N4. The Hall–Kier alpha value is -2.41. The van der Waals surface area contributed by atoms with E-state index in [1.807, 2.05) is 42.3 Å². The minimum atomic E-state index is -4.54. The van der Waals surface area contributed by atoms with Gasteiger partial charge in [0.1, 0.15) is 0 Å². The van der Waals surface area contributed by atoms with Crippen molar-refractivity contribution in [2.24, 2.45) is 0 Å². The van der Waals surface area contributed by atoms with Crippen molar-refractivity contribution >= 4 is 18.0 Å². The van der Waals surface area contributed by atoms with Crippen LogP contribution in [0.5, 0.6) is 0 Å². The number of aromatic nitrogens is 2. The van der Waals surface area contributed by atoms with Gasteiger partial charge in [0.2, 0.25) is 0 Å². The number of nitrogens with zero attached hydrogens (tertiary/aromatic N) is 4. The molecule has 1 aromatic carbocycles. The SMILES string of the molecule is CN1CCN(c2cc(/C=C/c3ccccc3)c(C(F)(F)F)nn2)CC1. The summed E-state index contributed by atoms with van der Waals surface area (Å²) in [5.41, 5.74) is -0.105. The van der Waals surface area contributed by atoms with Crippen LogP contribution in [-0.2, 0) is 6.18 Å². The van der Waals surface area contributed by atoms with Crippen molar-refractivity contribution in [2.75, 3.05) is 38.1 Å². The van der Waals surface area contributed by atoms with Crippen molar-refractivity contribution in [1.29, 1.82) is 0 Å². The zero-order valence-electron chi connectivity index (χ0n) is 13.9. The average molecular weight is 348 g/mol. The largest absolute Gasteiger partial charge is 0.435 e. The Balaban J connectivity index is 1.92. The number of halogens is 3. The zero-order chi connectivity index (χ0) is 17.9. The van der Waals surface area contributed by atoms with E-state index in [-0.39, 0.29) is 5.56 Å². The number of hydrogen-bond donors (Lipinski definition) is 0. The molecule has 2 heterocycles. The van der Waals surface area contributed by atoms with Crippen molar-refractivity contribution < 1.29 is 13.2 Å². The number of piperazine rings is 1. The Bertz CT molecular complexity index is 736. The maximum absolute atomic E-state index is 13.2. The van der Waals surface area contributed by atoms with Crippen LogP contribution >= 0.6 is 0 Å². The summed E-state index contributed by atoms with van der Waals surface area (Å²) in [5, 5.41) is 7.29. The van der Waals surface area contributed by atoms with E-state index in [1.54, 1.807) is 6.08 Å². The Kier molecular flexibility index (Phi) is 5.03. The highest BCUT2D eigenvalue weighted by Crippen LogP contribution is 2.32. The first-order chi connectivity index (χ1) is 11.9. The molecule has 132 valence electrons. The third kappa shape index (κ3) is 4.36. The second kappa shape index (κ2) is 7.23. The smallest absolute Gasteiger partial charge is 0.353 e. The van der Waals surface area contributed by atoms with E-state index in [0.29, 0.717) is 5.82 Å². The lowest BCUT2D eigenvalue weighted by atomic mass is 10.1. The minimum absolute atomic E-state index is 0.0280. The molecule has 0 spiro atoms. The van der Waals surface area contributed by atoms with E-state index in [9.17, 15) is 13.2 Å². The second-order valence-corrected chi connectivity index (χ2v) is 6.04. The average Bonchev–Trinajstić information content (AvgIpc) is 2.60. The Morgan fingerprint density at radius 2 is 1.64 bits per heavy atom. The lowest BCUT2D eigenvalue weighted by Crippen LogP contribution is -2.45. The van der Waals surface area contributed by atoms with E-state index < -0.39 is 11.9 Å². The van der Waals surface area contributed by atoms with Crippen molar-refractivity contribution in [2.45, 2.75) is 6.18 Å². The highest BCUT2D eigenvalue weighted by molar-refractivity contribution is 5.72. The molecule has 0 radical (unpaired) electrons. The third-order valence-corrected chi connectivity index (χ3v) is 4.16. The van der Waals surface area contributed by atoms with Crippen LogP contribution < -0.4 is 4.90 Å². The summed E-state index contributed by atoms with van der Waals surface area (Å²) < 4.78 is 39.7. The first kappa shape index (κ1) is 17.4. The van der Waals surface area contributed by atoms with Gasteiger partial charge in [-0.2, -0.15) is 13.2 Å². The lowest BCUT2D eigenvalue weighted by molar-refractivity contribution is -0.141. The molecule has 0 unspecified atom stereocenters. The van der Waals surface area contributed by atoms with Gasteiger partial charge in [0.25, 0.3) is 0 Å². The van der Waals surface area contributed by atoms with Gasteiger partial charge >= 0.3 is 6.18 Å². The topological polar surface area (TPSA) is 32.3 Å². The molecule has 2 aromatic rings. The number of benzene rings is 1. The molecule has 1 fully saturated rings. The van der Waals surface area contributed by atoms with Gasteiger partial charge in [-0.05, 0) is 18.7 Å². The Morgan fingerprint density at radius 1 is 0.960 bits per heavy atom. The molecule has 3 rings (SSSR count). The van der Waals surface area contributed by atoms with Crippen LogP contribution in [0, 0.1) is 0 Å². The van der Waals surface area contributed by atoms with Gasteiger partial charge < -0.3 is 9.80 Å². The molecule has 1 aromatic heterocycles. The summed E-state index contributed by atoms with van der Waals surface area (Å²) in [6, 6.07) is 10.7. The fraction of sp³-hybridized carbons (Fsp3) is 0.333. The standard InChI is InChI=1S/C18H19F3N4/c1-24-9-11-25(12-10-24)16-13-15(17(23-22-16)18(19,20)21)8-7-14-5-3-2-4-6-14/h2-8,13H,9-12H2,1H3/b8-7+. The van der Waals surface area contributed by atoms with E-state index in [0.717, 1.165) is 31.7 Å². The van der Waals surface area contributed by atoms with Gasteiger partial charge in [-0.3, -0.25) is 0 Å². The van der Waals surface area contributed by atoms with Crippen molar-refractivity contribution in [3.63, 3.8) is 0 Å². The second-order valence-electron chi connectivity index (χ2n) is 6.04. The molecule has 0 N–H and O–H groups in total. The Labute approximate surface area is 144 Å². The molecule has 0 saturated carbocycles. The van der Waals surface area contributed by atoms with Crippen molar-refractivity contribution in [1.82, 2.24) is 15.1 Å². The monoisotopic (exact) mass is 348 g/mol. The molecule has 0 bridgehead atoms. The summed E-state index contributed by atoms with van der Waals surface area (Å²) in [5.74, 6) is 0.480. The third-order valence-electron chi connectivity index (χ3n) is 4.16. The van der Waals surface area contributed by atoms with Gasteiger partial charge in [0.15, 0.2) is 11.5 Å². The number of rotatable bonds is 3. The number of hydrogen-bond acceptors (Lipinski definition) is 4. The molecular weight excluding hydrogens is 329 g/mol. The highest BCUT2D eigenvalue weighted by Gasteiger charge is 2.36. The van der Waals surface area contributed by atoms with Crippen LogP contribution in [0.2, 0.25) is 0 Å². The highest BCUT2D eigenvalue weighted by atomic mass is 19.4. The maximum atomic E-state index is 13.2. The first-order valence-electron chi connectivity index (χ1n) is 8.05. The maximum Gasteiger partial charge on any atom is 0.435 e. The van der Waals surface area contributed by atoms with Gasteiger partial charge in [-0.1, -0.05) is 42.5 Å².